The molecule has 1 aromatic rings. The third kappa shape index (κ3) is 5.21. The lowest BCUT2D eigenvalue weighted by atomic mass is 10.1. The molecule has 0 N–H and O–H groups in total. The van der Waals surface area contributed by atoms with E-state index in [0.29, 0.717) is 0 Å². The fourth-order valence-corrected chi connectivity index (χ4v) is 3.27. The molecule has 1 aliphatic carbocycles. The van der Waals surface area contributed by atoms with E-state index in [-0.39, 0.29) is 18.2 Å². The van der Waals surface area contributed by atoms with Crippen molar-refractivity contribution >= 4 is 17.6 Å². The standard InChI is InChI=1S/C20H29NO4/c1-14(2)24-19(22)18(20(23)25-15(3)4)21(17-12-8-9-13-17)16-10-6-5-7-11-16/h5-7,10-11,14-15,17-18H,8-9,12-13H2,1-4H3. The molecule has 1 aromatic carbocycles. The number of anilines is 1. The van der Waals surface area contributed by atoms with Crippen molar-refractivity contribution in [3.63, 3.8) is 0 Å². The van der Waals surface area contributed by atoms with E-state index in [2.05, 4.69) is 0 Å². The second-order valence-electron chi connectivity index (χ2n) is 7.05. The number of hydrogen-bond acceptors (Lipinski definition) is 5. The van der Waals surface area contributed by atoms with E-state index in [1.165, 1.54) is 0 Å². The van der Waals surface area contributed by atoms with Crippen LogP contribution in [0.3, 0.4) is 0 Å². The topological polar surface area (TPSA) is 55.8 Å². The Hall–Kier alpha value is -2.04. The number of rotatable bonds is 7. The molecule has 0 atom stereocenters. The summed E-state index contributed by atoms with van der Waals surface area (Å²) in [5.74, 6) is -1.09. The molecule has 5 heteroatoms. The molecule has 1 fully saturated rings. The number of hydrogen-bond donors (Lipinski definition) is 0. The Balaban J connectivity index is 2.40. The van der Waals surface area contributed by atoms with Crippen LogP contribution in [0.1, 0.15) is 53.4 Å². The summed E-state index contributed by atoms with van der Waals surface area (Å²) in [4.78, 5) is 27.5. The maximum Gasteiger partial charge on any atom is 0.340 e. The van der Waals surface area contributed by atoms with Crippen LogP contribution in [0.4, 0.5) is 5.69 Å². The van der Waals surface area contributed by atoms with E-state index >= 15 is 0 Å². The Morgan fingerprint density at radius 2 is 1.40 bits per heavy atom. The molecule has 0 aromatic heterocycles. The molecule has 0 aliphatic heterocycles. The van der Waals surface area contributed by atoms with E-state index in [9.17, 15) is 9.59 Å². The van der Waals surface area contributed by atoms with E-state index < -0.39 is 18.0 Å². The minimum Gasteiger partial charge on any atom is -0.461 e. The van der Waals surface area contributed by atoms with Gasteiger partial charge in [0.15, 0.2) is 0 Å². The van der Waals surface area contributed by atoms with Gasteiger partial charge in [-0.1, -0.05) is 31.0 Å². The van der Waals surface area contributed by atoms with Gasteiger partial charge >= 0.3 is 11.9 Å². The number of esters is 2. The zero-order chi connectivity index (χ0) is 18.4. The summed E-state index contributed by atoms with van der Waals surface area (Å²) in [6.07, 6.45) is 3.52. The summed E-state index contributed by atoms with van der Waals surface area (Å²) in [5, 5.41) is 0. The molecule has 0 amide bonds. The fraction of sp³-hybridized carbons (Fsp3) is 0.600. The van der Waals surface area contributed by atoms with Gasteiger partial charge < -0.3 is 14.4 Å². The zero-order valence-corrected chi connectivity index (χ0v) is 15.6. The third-order valence-corrected chi connectivity index (χ3v) is 4.20. The number of para-hydroxylation sites is 1. The van der Waals surface area contributed by atoms with Gasteiger partial charge in [0.2, 0.25) is 6.04 Å². The largest absolute Gasteiger partial charge is 0.461 e. The molecular weight excluding hydrogens is 318 g/mol. The lowest BCUT2D eigenvalue weighted by Gasteiger charge is -2.36. The van der Waals surface area contributed by atoms with Crippen molar-refractivity contribution in [2.45, 2.75) is 77.7 Å². The summed E-state index contributed by atoms with van der Waals surface area (Å²) >= 11 is 0. The van der Waals surface area contributed by atoms with E-state index in [1.807, 2.05) is 35.2 Å². The Bertz CT molecular complexity index is 542. The van der Waals surface area contributed by atoms with Gasteiger partial charge in [0.25, 0.3) is 0 Å². The van der Waals surface area contributed by atoms with Gasteiger partial charge in [-0.2, -0.15) is 0 Å². The van der Waals surface area contributed by atoms with Crippen molar-refractivity contribution < 1.29 is 19.1 Å². The molecule has 0 radical (unpaired) electrons. The predicted octanol–water partition coefficient (Wildman–Crippen LogP) is 3.71. The first-order valence-electron chi connectivity index (χ1n) is 9.14. The van der Waals surface area contributed by atoms with E-state index in [1.54, 1.807) is 27.7 Å². The van der Waals surface area contributed by atoms with Gasteiger partial charge in [-0.25, -0.2) is 9.59 Å². The van der Waals surface area contributed by atoms with E-state index in [0.717, 1.165) is 31.4 Å². The summed E-state index contributed by atoms with van der Waals surface area (Å²) in [5.41, 5.74) is 0.848. The number of nitrogens with zero attached hydrogens (tertiary/aromatic N) is 1. The van der Waals surface area contributed by atoms with Crippen molar-refractivity contribution in [2.24, 2.45) is 0 Å². The summed E-state index contributed by atoms with van der Waals surface area (Å²) in [6.45, 7) is 7.13. The van der Waals surface area contributed by atoms with E-state index in [4.69, 9.17) is 9.47 Å². The van der Waals surface area contributed by atoms with Gasteiger partial charge in [0, 0.05) is 11.7 Å². The van der Waals surface area contributed by atoms with Crippen LogP contribution in [0, 0.1) is 0 Å². The first kappa shape index (κ1) is 19.3. The number of carbonyl (C=O) groups excluding carboxylic acids is 2. The van der Waals surface area contributed by atoms with Crippen LogP contribution in [-0.2, 0) is 19.1 Å². The molecule has 0 unspecified atom stereocenters. The van der Waals surface area contributed by atoms with Crippen molar-refractivity contribution in [1.82, 2.24) is 0 Å². The highest BCUT2D eigenvalue weighted by atomic mass is 16.6. The van der Waals surface area contributed by atoms with Crippen LogP contribution in [-0.4, -0.2) is 36.2 Å². The smallest absolute Gasteiger partial charge is 0.340 e. The number of ether oxygens (including phenoxy) is 2. The SMILES string of the molecule is CC(C)OC(=O)C(C(=O)OC(C)C)N(c1ccccc1)C1CCCC1. The maximum absolute atomic E-state index is 12.8. The minimum absolute atomic E-state index is 0.131. The predicted molar refractivity (Wildman–Crippen MR) is 97.4 cm³/mol. The van der Waals surface area contributed by atoms with Crippen LogP contribution in [0.2, 0.25) is 0 Å². The Labute approximate surface area is 150 Å². The lowest BCUT2D eigenvalue weighted by Crippen LogP contribution is -2.53. The Morgan fingerprint density at radius 1 is 0.920 bits per heavy atom. The van der Waals surface area contributed by atoms with Crippen molar-refractivity contribution in [3.8, 4) is 0 Å². The molecular formula is C20H29NO4. The second-order valence-corrected chi connectivity index (χ2v) is 7.05. The van der Waals surface area contributed by atoms with Crippen LogP contribution >= 0.6 is 0 Å². The maximum atomic E-state index is 12.8. The van der Waals surface area contributed by atoms with Crippen LogP contribution in [0.25, 0.3) is 0 Å². The van der Waals surface area contributed by atoms with Gasteiger partial charge in [-0.05, 0) is 52.7 Å². The Morgan fingerprint density at radius 3 is 1.84 bits per heavy atom. The molecule has 1 saturated carbocycles. The molecule has 2 rings (SSSR count). The molecule has 138 valence electrons. The minimum atomic E-state index is -1.07. The van der Waals surface area contributed by atoms with Crippen molar-refractivity contribution in [1.29, 1.82) is 0 Å². The summed E-state index contributed by atoms with van der Waals surface area (Å²) in [6, 6.07) is 8.66. The summed E-state index contributed by atoms with van der Waals surface area (Å²) < 4.78 is 10.8. The van der Waals surface area contributed by atoms with Crippen LogP contribution in [0.5, 0.6) is 0 Å². The quantitative estimate of drug-likeness (QED) is 0.556. The molecule has 25 heavy (non-hydrogen) atoms. The average Bonchev–Trinajstić information content (AvgIpc) is 3.05. The highest BCUT2D eigenvalue weighted by Gasteiger charge is 2.41. The van der Waals surface area contributed by atoms with Gasteiger partial charge in [0.1, 0.15) is 0 Å². The van der Waals surface area contributed by atoms with Crippen molar-refractivity contribution in [3.05, 3.63) is 30.3 Å². The van der Waals surface area contributed by atoms with Gasteiger partial charge in [-0.15, -0.1) is 0 Å². The average molecular weight is 347 g/mol. The molecule has 0 bridgehead atoms. The van der Waals surface area contributed by atoms with Gasteiger partial charge in [0.05, 0.1) is 12.2 Å². The lowest BCUT2D eigenvalue weighted by molar-refractivity contribution is -0.161. The zero-order valence-electron chi connectivity index (χ0n) is 15.6. The van der Waals surface area contributed by atoms with Gasteiger partial charge in [-0.3, -0.25) is 0 Å². The van der Waals surface area contributed by atoms with Crippen LogP contribution < -0.4 is 4.90 Å². The Kier molecular flexibility index (Phi) is 6.85. The fourth-order valence-electron chi connectivity index (χ4n) is 3.27. The normalized spacial score (nSPS) is 15.0. The molecule has 0 saturated heterocycles. The third-order valence-electron chi connectivity index (χ3n) is 4.20. The molecule has 0 heterocycles. The number of carbonyl (C=O) groups is 2. The monoisotopic (exact) mass is 347 g/mol. The number of benzene rings is 1. The summed E-state index contributed by atoms with van der Waals surface area (Å²) in [7, 11) is 0. The highest BCUT2D eigenvalue weighted by molar-refractivity contribution is 6.02. The first-order valence-corrected chi connectivity index (χ1v) is 9.14. The molecule has 0 spiro atoms. The van der Waals surface area contributed by atoms with Crippen LogP contribution in [0.15, 0.2) is 30.3 Å². The van der Waals surface area contributed by atoms with Crippen molar-refractivity contribution in [2.75, 3.05) is 4.90 Å². The molecule has 5 nitrogen and oxygen atoms in total. The second kappa shape index (κ2) is 8.88. The first-order chi connectivity index (χ1) is 11.9. The highest BCUT2D eigenvalue weighted by Crippen LogP contribution is 2.31. The molecule has 1 aliphatic rings.